The Kier molecular flexibility index (Phi) is 21.3. The second kappa shape index (κ2) is 15.8. The first-order chi connectivity index (χ1) is 3.83. The molecule has 0 unspecified atom stereocenters. The van der Waals surface area contributed by atoms with Gasteiger partial charge in [-0.1, -0.05) is 33.1 Å². The highest BCUT2D eigenvalue weighted by molar-refractivity contribution is 4.24. The molecule has 0 amide bonds. The van der Waals surface area contributed by atoms with E-state index in [1.54, 1.807) is 0 Å². The highest BCUT2D eigenvalue weighted by Gasteiger charge is 1.68. The van der Waals surface area contributed by atoms with E-state index < -0.39 is 6.79 Å². The van der Waals surface area contributed by atoms with Crippen molar-refractivity contribution in [3.8, 4) is 0 Å². The Morgan fingerprint density at radius 1 is 1.00 bits per heavy atom. The molecule has 0 saturated heterocycles. The molecule has 2 nitrogen and oxygen atoms in total. The second-order valence-electron chi connectivity index (χ2n) is 1.49. The van der Waals surface area contributed by atoms with Crippen LogP contribution in [0.15, 0.2) is 0 Å². The first-order valence-corrected chi connectivity index (χ1v) is 3.05. The molecule has 52 valence electrons. The number of rotatable bonds is 2. The monoisotopic (exact) mass is 120 g/mol. The van der Waals surface area contributed by atoms with Crippen LogP contribution in [0.4, 0.5) is 0 Å². The third-order valence-electron chi connectivity index (χ3n) is 0.707. The van der Waals surface area contributed by atoms with E-state index in [1.165, 1.54) is 19.3 Å². The predicted octanol–water partition coefficient (Wildman–Crippen LogP) is 1.12. The van der Waals surface area contributed by atoms with Crippen molar-refractivity contribution in [2.45, 2.75) is 33.1 Å². The summed E-state index contributed by atoms with van der Waals surface area (Å²) in [6.07, 6.45) is 4.08. The largest absolute Gasteiger partial charge is 0.371 e. The van der Waals surface area contributed by atoms with Crippen molar-refractivity contribution in [1.82, 2.24) is 0 Å². The molecular weight excluding hydrogens is 104 g/mol. The van der Waals surface area contributed by atoms with Crippen molar-refractivity contribution in [2.75, 3.05) is 6.79 Å². The van der Waals surface area contributed by atoms with Crippen LogP contribution in [-0.4, -0.2) is 17.0 Å². The molecule has 0 heterocycles. The van der Waals surface area contributed by atoms with Crippen LogP contribution in [-0.2, 0) is 0 Å². The van der Waals surface area contributed by atoms with Crippen LogP contribution >= 0.6 is 0 Å². The zero-order valence-corrected chi connectivity index (χ0v) is 5.72. The van der Waals surface area contributed by atoms with Gasteiger partial charge in [-0.05, 0) is 0 Å². The first-order valence-electron chi connectivity index (χ1n) is 3.05. The number of hydrogen-bond donors (Lipinski definition) is 2. The molecule has 0 spiro atoms. The Hall–Kier alpha value is -0.0800. The molecule has 0 aliphatic heterocycles. The molecule has 0 radical (unpaired) electrons. The maximum atomic E-state index is 7.12. The van der Waals surface area contributed by atoms with Gasteiger partial charge in [-0.3, -0.25) is 0 Å². The summed E-state index contributed by atoms with van der Waals surface area (Å²) in [7, 11) is 0. The van der Waals surface area contributed by atoms with Gasteiger partial charge in [0.2, 0.25) is 0 Å². The molecule has 0 atom stereocenters. The molecule has 2 N–H and O–H groups in total. The topological polar surface area (TPSA) is 40.5 Å². The summed E-state index contributed by atoms with van der Waals surface area (Å²) >= 11 is 0. The van der Waals surface area contributed by atoms with Crippen LogP contribution in [0.3, 0.4) is 0 Å². The molecule has 0 aromatic carbocycles. The van der Waals surface area contributed by atoms with E-state index in [9.17, 15) is 0 Å². The van der Waals surface area contributed by atoms with E-state index in [0.717, 1.165) is 0 Å². The Morgan fingerprint density at radius 2 is 1.25 bits per heavy atom. The lowest BCUT2D eigenvalue weighted by Crippen LogP contribution is -1.66. The smallest absolute Gasteiger partial charge is 0.140 e. The van der Waals surface area contributed by atoms with Gasteiger partial charge in [0.1, 0.15) is 6.79 Å². The fourth-order valence-electron chi connectivity index (χ4n) is 0.354. The van der Waals surface area contributed by atoms with E-state index in [1.807, 2.05) is 0 Å². The van der Waals surface area contributed by atoms with Crippen LogP contribution in [0.2, 0.25) is 0 Å². The molecule has 8 heavy (non-hydrogen) atoms. The van der Waals surface area contributed by atoms with Crippen molar-refractivity contribution in [2.24, 2.45) is 0 Å². The Morgan fingerprint density at radius 3 is 1.25 bits per heavy atom. The average molecular weight is 120 g/mol. The summed E-state index contributed by atoms with van der Waals surface area (Å²) in [4.78, 5) is 0. The molecule has 0 saturated carbocycles. The number of aliphatic hydroxyl groups excluding tert-OH is 1. The van der Waals surface area contributed by atoms with Crippen molar-refractivity contribution in [1.29, 1.82) is 0 Å². The summed E-state index contributed by atoms with van der Waals surface area (Å²) in [5, 5.41) is 14.2. The van der Waals surface area contributed by atoms with Crippen LogP contribution in [0.25, 0.3) is 0 Å². The van der Waals surface area contributed by atoms with E-state index >= 15 is 0 Å². The molecule has 0 bridgehead atoms. The Labute approximate surface area is 51.2 Å². The maximum absolute atomic E-state index is 7.12. The third-order valence-corrected chi connectivity index (χ3v) is 0.707. The van der Waals surface area contributed by atoms with E-state index in [-0.39, 0.29) is 0 Å². The highest BCUT2D eigenvalue weighted by Crippen LogP contribution is 1.88. The van der Waals surface area contributed by atoms with Crippen LogP contribution in [0.1, 0.15) is 33.1 Å². The number of unbranched alkanes of at least 4 members (excludes halogenated alkanes) is 2. The molecule has 0 aromatic rings. The van der Waals surface area contributed by atoms with Crippen molar-refractivity contribution < 1.29 is 10.2 Å². The lowest BCUT2D eigenvalue weighted by Gasteiger charge is -1.79. The van der Waals surface area contributed by atoms with Crippen molar-refractivity contribution in [3.63, 3.8) is 0 Å². The molecule has 0 aliphatic carbocycles. The summed E-state index contributed by atoms with van der Waals surface area (Å²) in [5.41, 5.74) is 0. The third kappa shape index (κ3) is 38.9. The maximum Gasteiger partial charge on any atom is 0.140 e. The first kappa shape index (κ1) is 10.8. The van der Waals surface area contributed by atoms with Crippen molar-refractivity contribution >= 4 is 0 Å². The average Bonchev–Trinajstić information content (AvgIpc) is 1.71. The number of hydrogen-bond acceptors (Lipinski definition) is 2. The van der Waals surface area contributed by atoms with Gasteiger partial charge in [0.15, 0.2) is 0 Å². The minimum atomic E-state index is -0.750. The summed E-state index contributed by atoms with van der Waals surface area (Å²) in [6, 6.07) is 0. The fraction of sp³-hybridized carbons (Fsp3) is 1.00. The highest BCUT2D eigenvalue weighted by atomic mass is 16.5. The predicted molar refractivity (Wildman–Crippen MR) is 34.5 cm³/mol. The fourth-order valence-corrected chi connectivity index (χ4v) is 0.354. The van der Waals surface area contributed by atoms with E-state index in [0.29, 0.717) is 0 Å². The standard InChI is InChI=1S/C5H12.CH4O2/c1-3-5-4-2;2-1-3/h3-5H2,1-2H3;2-3H,1H2. The Bertz CT molecular complexity index is 20.5. The summed E-state index contributed by atoms with van der Waals surface area (Å²) in [6.45, 7) is 3.67. The van der Waals surface area contributed by atoms with Gasteiger partial charge in [-0.15, -0.1) is 0 Å². The van der Waals surface area contributed by atoms with Crippen molar-refractivity contribution in [3.05, 3.63) is 0 Å². The van der Waals surface area contributed by atoms with Gasteiger partial charge in [0.05, 0.1) is 0 Å². The molecule has 0 aromatic heterocycles. The van der Waals surface area contributed by atoms with Crippen LogP contribution < -0.4 is 0 Å². The van der Waals surface area contributed by atoms with Gasteiger partial charge in [0, 0.05) is 0 Å². The van der Waals surface area contributed by atoms with E-state index in [4.69, 9.17) is 10.2 Å². The molecule has 0 fully saturated rings. The molecule has 0 aliphatic rings. The van der Waals surface area contributed by atoms with E-state index in [2.05, 4.69) is 13.8 Å². The second-order valence-corrected chi connectivity index (χ2v) is 1.49. The summed E-state index contributed by atoms with van der Waals surface area (Å²) in [5.74, 6) is 0. The minimum absolute atomic E-state index is 0.750. The van der Waals surface area contributed by atoms with Crippen LogP contribution in [0.5, 0.6) is 0 Å². The molecule has 2 heteroatoms. The normalized spacial score (nSPS) is 7.50. The zero-order valence-electron chi connectivity index (χ0n) is 5.72. The SMILES string of the molecule is CCCCC.OCO. The van der Waals surface area contributed by atoms with Gasteiger partial charge in [-0.25, -0.2) is 0 Å². The lowest BCUT2D eigenvalue weighted by molar-refractivity contribution is 0.0773. The van der Waals surface area contributed by atoms with Gasteiger partial charge < -0.3 is 10.2 Å². The lowest BCUT2D eigenvalue weighted by atomic mass is 10.3. The minimum Gasteiger partial charge on any atom is -0.371 e. The van der Waals surface area contributed by atoms with Gasteiger partial charge in [-0.2, -0.15) is 0 Å². The number of aliphatic hydroxyl groups is 2. The quantitative estimate of drug-likeness (QED) is 0.536. The Balaban J connectivity index is 0. The van der Waals surface area contributed by atoms with Gasteiger partial charge >= 0.3 is 0 Å². The molecular formula is C6H16O2. The summed E-state index contributed by atoms with van der Waals surface area (Å²) < 4.78 is 0. The molecule has 0 rings (SSSR count). The zero-order chi connectivity index (χ0) is 6.83. The van der Waals surface area contributed by atoms with Crippen LogP contribution in [0, 0.1) is 0 Å². The van der Waals surface area contributed by atoms with Gasteiger partial charge in [0.25, 0.3) is 0 Å².